The van der Waals surface area contributed by atoms with E-state index in [1.54, 1.807) is 15.5 Å². The number of hydrogen-bond acceptors (Lipinski definition) is 2. The van der Waals surface area contributed by atoms with E-state index in [9.17, 15) is 4.79 Å². The molecule has 1 saturated carbocycles. The van der Waals surface area contributed by atoms with Gasteiger partial charge in [0.05, 0.1) is 0 Å². The predicted octanol–water partition coefficient (Wildman–Crippen LogP) is 2.47. The molecule has 1 aromatic rings. The summed E-state index contributed by atoms with van der Waals surface area (Å²) < 4.78 is 1.68. The first-order chi connectivity index (χ1) is 6.31. The third-order valence-corrected chi connectivity index (χ3v) is 4.90. The minimum Gasteiger partial charge on any atom is -0.268 e. The Balaban J connectivity index is 2.23. The molecule has 0 amide bonds. The van der Waals surface area contributed by atoms with Crippen LogP contribution in [-0.4, -0.2) is 3.96 Å². The van der Waals surface area contributed by atoms with Crippen LogP contribution in [0.25, 0.3) is 0 Å². The molecule has 2 aliphatic rings. The monoisotopic (exact) mass is 215 g/mol. The first-order valence-corrected chi connectivity index (χ1v) is 5.92. The van der Waals surface area contributed by atoms with Gasteiger partial charge in [0.15, 0.2) is 0 Å². The number of alkyl halides is 1. The van der Waals surface area contributed by atoms with E-state index in [0.717, 1.165) is 5.56 Å². The molecule has 0 spiro atoms. The van der Waals surface area contributed by atoms with Crippen LogP contribution in [0.15, 0.2) is 4.79 Å². The molecule has 70 valence electrons. The lowest BCUT2D eigenvalue weighted by molar-refractivity contribution is 0.717. The van der Waals surface area contributed by atoms with Crippen LogP contribution in [0.4, 0.5) is 0 Å². The standard InChI is InChI=1S/C9H10ClNOS/c10-4-11-9(12)7-5-1-2-6(3-5)8(7)13-11/h5-6H,1-4H2. The fourth-order valence-electron chi connectivity index (χ4n) is 2.68. The molecule has 0 saturated heterocycles. The molecule has 4 heteroatoms. The number of halogens is 1. The summed E-state index contributed by atoms with van der Waals surface area (Å²) in [5.41, 5.74) is 1.28. The van der Waals surface area contributed by atoms with Crippen molar-refractivity contribution in [3.05, 3.63) is 20.8 Å². The van der Waals surface area contributed by atoms with Crippen molar-refractivity contribution < 1.29 is 0 Å². The number of aromatic nitrogens is 1. The highest BCUT2D eigenvalue weighted by atomic mass is 35.5. The molecule has 0 aliphatic heterocycles. The predicted molar refractivity (Wildman–Crippen MR) is 53.8 cm³/mol. The zero-order valence-corrected chi connectivity index (χ0v) is 8.70. The number of nitrogens with zero attached hydrogens (tertiary/aromatic N) is 1. The topological polar surface area (TPSA) is 22.0 Å². The van der Waals surface area contributed by atoms with Crippen LogP contribution in [0.5, 0.6) is 0 Å². The highest BCUT2D eigenvalue weighted by Crippen LogP contribution is 2.53. The molecule has 13 heavy (non-hydrogen) atoms. The van der Waals surface area contributed by atoms with Crippen molar-refractivity contribution >= 4 is 23.1 Å². The minimum atomic E-state index is 0.183. The molecule has 0 aromatic carbocycles. The van der Waals surface area contributed by atoms with Crippen LogP contribution in [0.1, 0.15) is 41.5 Å². The Labute approximate surface area is 85.3 Å². The Kier molecular flexibility index (Phi) is 1.62. The van der Waals surface area contributed by atoms with Gasteiger partial charge >= 0.3 is 0 Å². The highest BCUT2D eigenvalue weighted by molar-refractivity contribution is 7.06. The first kappa shape index (κ1) is 8.06. The summed E-state index contributed by atoms with van der Waals surface area (Å²) in [5.74, 6) is 1.25. The molecule has 0 N–H and O–H groups in total. The second kappa shape index (κ2) is 2.61. The molecule has 1 heterocycles. The molecular weight excluding hydrogens is 206 g/mol. The lowest BCUT2D eigenvalue weighted by Gasteiger charge is -2.05. The van der Waals surface area contributed by atoms with Crippen molar-refractivity contribution in [1.82, 2.24) is 3.96 Å². The zero-order chi connectivity index (χ0) is 9.00. The highest BCUT2D eigenvalue weighted by Gasteiger charge is 2.41. The SMILES string of the molecule is O=c1c2c(sn1CCl)C1CCC2C1. The van der Waals surface area contributed by atoms with Crippen molar-refractivity contribution in [2.45, 2.75) is 37.1 Å². The molecule has 2 atom stereocenters. The van der Waals surface area contributed by atoms with Crippen LogP contribution in [0, 0.1) is 0 Å². The fourth-order valence-corrected chi connectivity index (χ4v) is 4.12. The molecule has 1 aromatic heterocycles. The lowest BCUT2D eigenvalue weighted by atomic mass is 10.00. The van der Waals surface area contributed by atoms with Gasteiger partial charge in [0, 0.05) is 10.4 Å². The average Bonchev–Trinajstić information content (AvgIpc) is 2.76. The molecule has 2 aliphatic carbocycles. The molecule has 2 bridgehead atoms. The van der Waals surface area contributed by atoms with Gasteiger partial charge in [-0.15, -0.1) is 11.6 Å². The van der Waals surface area contributed by atoms with Gasteiger partial charge in [-0.1, -0.05) is 11.5 Å². The van der Waals surface area contributed by atoms with E-state index in [1.165, 1.54) is 24.1 Å². The molecule has 3 rings (SSSR count). The quantitative estimate of drug-likeness (QED) is 0.660. The second-order valence-electron chi connectivity index (χ2n) is 3.88. The van der Waals surface area contributed by atoms with E-state index in [0.29, 0.717) is 17.8 Å². The van der Waals surface area contributed by atoms with Gasteiger partial charge < -0.3 is 0 Å². The smallest absolute Gasteiger partial charge is 0.265 e. The summed E-state index contributed by atoms with van der Waals surface area (Å²) in [4.78, 5) is 13.1. The summed E-state index contributed by atoms with van der Waals surface area (Å²) in [6.07, 6.45) is 3.71. The van der Waals surface area contributed by atoms with E-state index < -0.39 is 0 Å². The molecular formula is C9H10ClNOS. The van der Waals surface area contributed by atoms with Gasteiger partial charge in [0.25, 0.3) is 5.56 Å². The molecule has 0 radical (unpaired) electrons. The van der Waals surface area contributed by atoms with Crippen molar-refractivity contribution in [2.75, 3.05) is 0 Å². The zero-order valence-electron chi connectivity index (χ0n) is 7.12. The maximum atomic E-state index is 11.8. The molecule has 2 nitrogen and oxygen atoms in total. The summed E-state index contributed by atoms with van der Waals surface area (Å²) in [5, 5.41) is 0. The maximum absolute atomic E-state index is 11.8. The van der Waals surface area contributed by atoms with Crippen LogP contribution in [0.2, 0.25) is 0 Å². The number of rotatable bonds is 1. The molecule has 2 unspecified atom stereocenters. The minimum absolute atomic E-state index is 0.183. The Bertz CT molecular complexity index is 408. The van der Waals surface area contributed by atoms with Crippen LogP contribution < -0.4 is 5.56 Å². The third kappa shape index (κ3) is 0.919. The van der Waals surface area contributed by atoms with E-state index in [2.05, 4.69) is 0 Å². The van der Waals surface area contributed by atoms with Crippen molar-refractivity contribution in [3.63, 3.8) is 0 Å². The van der Waals surface area contributed by atoms with Gasteiger partial charge in [-0.05, 0) is 31.1 Å². The van der Waals surface area contributed by atoms with Gasteiger partial charge in [-0.25, -0.2) is 3.96 Å². The Hall–Kier alpha value is -0.280. The Morgan fingerprint density at radius 3 is 2.92 bits per heavy atom. The average molecular weight is 216 g/mol. The van der Waals surface area contributed by atoms with E-state index in [4.69, 9.17) is 11.6 Å². The van der Waals surface area contributed by atoms with Crippen molar-refractivity contribution in [1.29, 1.82) is 0 Å². The fraction of sp³-hybridized carbons (Fsp3) is 0.667. The van der Waals surface area contributed by atoms with Crippen LogP contribution in [-0.2, 0) is 6.00 Å². The van der Waals surface area contributed by atoms with Gasteiger partial charge in [-0.3, -0.25) is 4.79 Å². The van der Waals surface area contributed by atoms with Gasteiger partial charge in [0.1, 0.15) is 6.00 Å². The third-order valence-electron chi connectivity index (χ3n) is 3.25. The second-order valence-corrected chi connectivity index (χ2v) is 5.18. The van der Waals surface area contributed by atoms with Gasteiger partial charge in [-0.2, -0.15) is 0 Å². The summed E-state index contributed by atoms with van der Waals surface area (Å²) >= 11 is 7.27. The number of fused-ring (bicyclic) bond motifs is 5. The Morgan fingerprint density at radius 1 is 1.46 bits per heavy atom. The van der Waals surface area contributed by atoms with Crippen molar-refractivity contribution in [2.24, 2.45) is 0 Å². The summed E-state index contributed by atoms with van der Waals surface area (Å²) in [7, 11) is 0. The largest absolute Gasteiger partial charge is 0.268 e. The van der Waals surface area contributed by atoms with E-state index in [1.807, 2.05) is 0 Å². The Morgan fingerprint density at radius 2 is 2.23 bits per heavy atom. The lowest BCUT2D eigenvalue weighted by Crippen LogP contribution is -2.16. The van der Waals surface area contributed by atoms with Crippen LogP contribution >= 0.6 is 23.1 Å². The summed E-state index contributed by atoms with van der Waals surface area (Å²) in [6, 6.07) is 0.315. The number of hydrogen-bond donors (Lipinski definition) is 0. The normalized spacial score (nSPS) is 29.6. The maximum Gasteiger partial charge on any atom is 0.265 e. The van der Waals surface area contributed by atoms with Crippen molar-refractivity contribution in [3.8, 4) is 0 Å². The van der Waals surface area contributed by atoms with E-state index in [-0.39, 0.29) is 5.56 Å². The van der Waals surface area contributed by atoms with E-state index >= 15 is 0 Å². The van der Waals surface area contributed by atoms with Gasteiger partial charge in [0.2, 0.25) is 0 Å². The first-order valence-electron chi connectivity index (χ1n) is 4.61. The van der Waals surface area contributed by atoms with Crippen LogP contribution in [0.3, 0.4) is 0 Å². The molecule has 1 fully saturated rings. The summed E-state index contributed by atoms with van der Waals surface area (Å²) in [6.45, 7) is 0.